The summed E-state index contributed by atoms with van der Waals surface area (Å²) >= 11 is 0. The second-order valence-corrected chi connectivity index (χ2v) is 14.7. The van der Waals surface area contributed by atoms with Gasteiger partial charge in [0.05, 0.1) is 11.8 Å². The average molecular weight is 442 g/mol. The van der Waals surface area contributed by atoms with E-state index in [1.165, 1.54) is 0 Å². The van der Waals surface area contributed by atoms with Crippen molar-refractivity contribution in [2.24, 2.45) is 0 Å². The zero-order valence-electron chi connectivity index (χ0n) is 18.8. The zero-order chi connectivity index (χ0) is 22.6. The second kappa shape index (κ2) is 9.48. The molecule has 3 N–H and O–H groups in total. The molecule has 8 nitrogen and oxygen atoms in total. The molecule has 0 aromatic carbocycles. The van der Waals surface area contributed by atoms with Gasteiger partial charge in [-0.3, -0.25) is 4.79 Å². The lowest BCUT2D eigenvalue weighted by atomic mass is 10.2. The second-order valence-electron chi connectivity index (χ2n) is 9.06. The minimum atomic E-state index is -1.17. The summed E-state index contributed by atoms with van der Waals surface area (Å²) in [7, 11) is -1.17. The third kappa shape index (κ3) is 6.28. The number of pyridine rings is 2. The summed E-state index contributed by atoms with van der Waals surface area (Å²) in [6, 6.07) is 6.20. The van der Waals surface area contributed by atoms with E-state index in [9.17, 15) is 4.79 Å². The molecule has 0 atom stereocenters. The molecule has 3 aromatic rings. The van der Waals surface area contributed by atoms with Crippen LogP contribution in [0.1, 0.15) is 24.2 Å². The molecule has 0 saturated heterocycles. The first-order chi connectivity index (χ1) is 14.6. The Morgan fingerprint density at radius 1 is 1.26 bits per heavy atom. The van der Waals surface area contributed by atoms with E-state index in [1.54, 1.807) is 36.8 Å². The Hall–Kier alpha value is -2.91. The van der Waals surface area contributed by atoms with E-state index in [2.05, 4.69) is 34.9 Å². The van der Waals surface area contributed by atoms with Gasteiger partial charge in [0, 0.05) is 50.3 Å². The normalized spacial score (nSPS) is 11.8. The highest BCUT2D eigenvalue weighted by molar-refractivity contribution is 6.76. The molecule has 0 radical (unpaired) electrons. The molecule has 3 aromatic heterocycles. The Labute approximate surface area is 183 Å². The maximum absolute atomic E-state index is 12.8. The number of amides is 1. The molecule has 1 amide bonds. The standard InChI is InChI=1S/C22H31N5O3Si/c1-15(2)26-22(28)19-13-27(14-29-8-9-31(3,4)5)21-18(19)11-17(12-25-21)30-20-10-16(23)6-7-24-20/h6-7,10-13,15H,8-9,14H2,1-5H3,(H2,23,24)(H,26,28). The monoisotopic (exact) mass is 441 g/mol. The number of carbonyl (C=O) groups excluding carboxylic acids is 1. The molecular formula is C22H31N5O3Si. The van der Waals surface area contributed by atoms with Crippen LogP contribution in [0, 0.1) is 0 Å². The highest BCUT2D eigenvalue weighted by Gasteiger charge is 2.19. The van der Waals surface area contributed by atoms with Crippen LogP contribution in [-0.4, -0.2) is 41.2 Å². The van der Waals surface area contributed by atoms with Crippen molar-refractivity contribution in [3.8, 4) is 11.6 Å². The van der Waals surface area contributed by atoms with E-state index in [0.29, 0.717) is 47.3 Å². The van der Waals surface area contributed by atoms with Crippen molar-refractivity contribution in [2.45, 2.75) is 52.3 Å². The van der Waals surface area contributed by atoms with Crippen LogP contribution in [0.3, 0.4) is 0 Å². The molecule has 0 unspecified atom stereocenters. The SMILES string of the molecule is CC(C)NC(=O)c1cn(COCC[Si](C)(C)C)c2ncc(Oc3cc(N)ccn3)cc12. The fraction of sp³-hybridized carbons (Fsp3) is 0.409. The van der Waals surface area contributed by atoms with Gasteiger partial charge in [0.2, 0.25) is 5.88 Å². The van der Waals surface area contributed by atoms with Gasteiger partial charge in [-0.2, -0.15) is 0 Å². The molecule has 0 saturated carbocycles. The number of ether oxygens (including phenoxy) is 2. The molecule has 0 spiro atoms. The van der Waals surface area contributed by atoms with Gasteiger partial charge in [0.1, 0.15) is 18.1 Å². The van der Waals surface area contributed by atoms with Crippen molar-refractivity contribution in [1.82, 2.24) is 19.9 Å². The lowest BCUT2D eigenvalue weighted by Crippen LogP contribution is -2.29. The number of hydrogen-bond acceptors (Lipinski definition) is 6. The number of hydrogen-bond donors (Lipinski definition) is 2. The minimum Gasteiger partial charge on any atom is -0.437 e. The van der Waals surface area contributed by atoms with E-state index >= 15 is 0 Å². The molecule has 0 aliphatic rings. The average Bonchev–Trinajstić information content (AvgIpc) is 3.02. The van der Waals surface area contributed by atoms with Crippen molar-refractivity contribution < 1.29 is 14.3 Å². The molecule has 0 aliphatic carbocycles. The highest BCUT2D eigenvalue weighted by Crippen LogP contribution is 2.27. The third-order valence-electron chi connectivity index (χ3n) is 4.56. The van der Waals surface area contributed by atoms with Crippen molar-refractivity contribution >= 4 is 30.7 Å². The first kappa shape index (κ1) is 22.8. The quantitative estimate of drug-likeness (QED) is 0.380. The number of nitrogens with two attached hydrogens (primary N) is 1. The van der Waals surface area contributed by atoms with Crippen molar-refractivity contribution in [2.75, 3.05) is 12.3 Å². The van der Waals surface area contributed by atoms with E-state index in [4.69, 9.17) is 15.2 Å². The summed E-state index contributed by atoms with van der Waals surface area (Å²) in [5.41, 5.74) is 7.54. The summed E-state index contributed by atoms with van der Waals surface area (Å²) in [4.78, 5) is 21.5. The summed E-state index contributed by atoms with van der Waals surface area (Å²) in [5, 5.41) is 3.63. The van der Waals surface area contributed by atoms with E-state index in [-0.39, 0.29) is 11.9 Å². The summed E-state index contributed by atoms with van der Waals surface area (Å²) < 4.78 is 13.6. The van der Waals surface area contributed by atoms with Crippen molar-refractivity contribution in [3.63, 3.8) is 0 Å². The Kier molecular flexibility index (Phi) is 6.96. The Morgan fingerprint density at radius 2 is 2.03 bits per heavy atom. The smallest absolute Gasteiger partial charge is 0.253 e. The van der Waals surface area contributed by atoms with E-state index in [0.717, 1.165) is 6.04 Å². The van der Waals surface area contributed by atoms with Crippen LogP contribution in [0.5, 0.6) is 11.6 Å². The summed E-state index contributed by atoms with van der Waals surface area (Å²) in [5.74, 6) is 0.673. The molecule has 0 bridgehead atoms. The van der Waals surface area contributed by atoms with E-state index in [1.807, 2.05) is 18.4 Å². The maximum atomic E-state index is 12.8. The van der Waals surface area contributed by atoms with Crippen molar-refractivity contribution in [1.29, 1.82) is 0 Å². The van der Waals surface area contributed by atoms with Gasteiger partial charge in [-0.15, -0.1) is 0 Å². The number of carbonyl (C=O) groups is 1. The topological polar surface area (TPSA) is 104 Å². The van der Waals surface area contributed by atoms with Crippen LogP contribution >= 0.6 is 0 Å². The molecule has 3 rings (SSSR count). The molecule has 3 heterocycles. The predicted octanol–water partition coefficient (Wildman–Crippen LogP) is 4.26. The van der Waals surface area contributed by atoms with Gasteiger partial charge in [-0.25, -0.2) is 9.97 Å². The lowest BCUT2D eigenvalue weighted by Gasteiger charge is -2.15. The fourth-order valence-corrected chi connectivity index (χ4v) is 3.73. The summed E-state index contributed by atoms with van der Waals surface area (Å²) in [6.45, 7) is 11.8. The number of nitrogens with zero attached hydrogens (tertiary/aromatic N) is 3. The fourth-order valence-electron chi connectivity index (χ4n) is 2.97. The molecule has 31 heavy (non-hydrogen) atoms. The number of fused-ring (bicyclic) bond motifs is 1. The molecular weight excluding hydrogens is 410 g/mol. The first-order valence-corrected chi connectivity index (χ1v) is 14.1. The van der Waals surface area contributed by atoms with Crippen LogP contribution in [-0.2, 0) is 11.5 Å². The zero-order valence-corrected chi connectivity index (χ0v) is 19.8. The lowest BCUT2D eigenvalue weighted by molar-refractivity contribution is 0.0890. The number of nitrogen functional groups attached to an aromatic ring is 1. The van der Waals surface area contributed by atoms with Gasteiger partial charge in [-0.1, -0.05) is 19.6 Å². The number of nitrogens with one attached hydrogen (secondary N) is 1. The van der Waals surface area contributed by atoms with Gasteiger partial charge < -0.3 is 25.1 Å². The Morgan fingerprint density at radius 3 is 2.71 bits per heavy atom. The molecule has 0 fully saturated rings. The van der Waals surface area contributed by atoms with Gasteiger partial charge in [0.25, 0.3) is 5.91 Å². The van der Waals surface area contributed by atoms with Gasteiger partial charge in [-0.05, 0) is 32.0 Å². The number of aromatic nitrogens is 3. The minimum absolute atomic E-state index is 0.0165. The van der Waals surface area contributed by atoms with Gasteiger partial charge >= 0.3 is 0 Å². The van der Waals surface area contributed by atoms with Crippen LogP contribution in [0.4, 0.5) is 5.69 Å². The molecule has 166 valence electrons. The van der Waals surface area contributed by atoms with Crippen molar-refractivity contribution in [3.05, 3.63) is 42.4 Å². The summed E-state index contributed by atoms with van der Waals surface area (Å²) in [6.07, 6.45) is 4.97. The van der Waals surface area contributed by atoms with Crippen LogP contribution in [0.25, 0.3) is 11.0 Å². The highest BCUT2D eigenvalue weighted by atomic mass is 28.3. The largest absolute Gasteiger partial charge is 0.437 e. The third-order valence-corrected chi connectivity index (χ3v) is 6.27. The Bertz CT molecular complexity index is 1060. The molecule has 0 aliphatic heterocycles. The molecule has 9 heteroatoms. The number of anilines is 1. The predicted molar refractivity (Wildman–Crippen MR) is 125 cm³/mol. The van der Waals surface area contributed by atoms with Crippen LogP contribution < -0.4 is 15.8 Å². The van der Waals surface area contributed by atoms with Crippen LogP contribution in [0.2, 0.25) is 25.7 Å². The Balaban J connectivity index is 1.89. The number of rotatable bonds is 9. The first-order valence-electron chi connectivity index (χ1n) is 10.4. The maximum Gasteiger partial charge on any atom is 0.253 e. The van der Waals surface area contributed by atoms with E-state index < -0.39 is 8.07 Å². The van der Waals surface area contributed by atoms with Gasteiger partial charge in [0.15, 0.2) is 0 Å². The van der Waals surface area contributed by atoms with Crippen LogP contribution in [0.15, 0.2) is 36.8 Å².